The summed E-state index contributed by atoms with van der Waals surface area (Å²) in [6.45, 7) is 5.74. The van der Waals surface area contributed by atoms with E-state index in [0.29, 0.717) is 56.3 Å². The molecule has 0 aliphatic rings. The van der Waals surface area contributed by atoms with Gasteiger partial charge >= 0.3 is 0 Å². The Labute approximate surface area is 193 Å². The van der Waals surface area contributed by atoms with Crippen molar-refractivity contribution in [2.24, 2.45) is 0 Å². The fourth-order valence-corrected chi connectivity index (χ4v) is 3.95. The first-order valence-corrected chi connectivity index (χ1v) is 11.9. The third-order valence-electron chi connectivity index (χ3n) is 5.05. The van der Waals surface area contributed by atoms with Gasteiger partial charge in [-0.2, -0.15) is 4.98 Å². The molecular weight excluding hydrogens is 426 g/mol. The molecule has 0 spiro atoms. The van der Waals surface area contributed by atoms with Crippen molar-refractivity contribution in [1.29, 1.82) is 0 Å². The number of nitrogens with zero attached hydrogens (tertiary/aromatic N) is 3. The molecule has 8 heteroatoms. The van der Waals surface area contributed by atoms with Crippen molar-refractivity contribution in [2.45, 2.75) is 59.1 Å². The number of carbonyl (C=O) groups excluding carboxylic acids is 1. The van der Waals surface area contributed by atoms with Crippen LogP contribution in [0.4, 0.5) is 0 Å². The summed E-state index contributed by atoms with van der Waals surface area (Å²) in [7, 11) is 1.63. The average Bonchev–Trinajstić information content (AvgIpc) is 3.48. The fourth-order valence-electron chi connectivity index (χ4n) is 3.34. The summed E-state index contributed by atoms with van der Waals surface area (Å²) < 4.78 is 16.7. The van der Waals surface area contributed by atoms with Crippen LogP contribution in [0.25, 0.3) is 0 Å². The number of benzene rings is 1. The van der Waals surface area contributed by atoms with Gasteiger partial charge in [-0.25, -0.2) is 0 Å². The minimum atomic E-state index is 0.109. The smallest absolute Gasteiger partial charge is 0.226 e. The molecule has 2 heterocycles. The number of amides is 1. The van der Waals surface area contributed by atoms with E-state index in [1.807, 2.05) is 47.5 Å². The molecule has 0 radical (unpaired) electrons. The van der Waals surface area contributed by atoms with Crippen molar-refractivity contribution >= 4 is 17.2 Å². The lowest BCUT2D eigenvalue weighted by Crippen LogP contribution is -2.30. The van der Waals surface area contributed by atoms with Crippen molar-refractivity contribution < 1.29 is 18.8 Å². The van der Waals surface area contributed by atoms with Crippen LogP contribution in [0, 0.1) is 0 Å². The fraction of sp³-hybridized carbons (Fsp3) is 0.458. The predicted molar refractivity (Wildman–Crippen MR) is 124 cm³/mol. The molecule has 0 saturated carbocycles. The van der Waals surface area contributed by atoms with Crippen molar-refractivity contribution in [2.75, 3.05) is 13.7 Å². The number of ether oxygens (including phenoxy) is 2. The standard InChI is InChI=1S/C24H31N3O4S/c1-4-8-22-25-23(31-26-22)10-6-11-24(28)27(5-2)16-18-12-13-20(21(15-18)29-3)30-17-19-9-7-14-32-19/h7,9,12-15H,4-6,8,10-11,16-17H2,1-3H3. The molecule has 0 unspecified atom stereocenters. The molecule has 0 N–H and O–H groups in total. The molecule has 0 aliphatic heterocycles. The van der Waals surface area contributed by atoms with Crippen molar-refractivity contribution in [3.05, 3.63) is 57.9 Å². The summed E-state index contributed by atoms with van der Waals surface area (Å²) in [6.07, 6.45) is 3.54. The van der Waals surface area contributed by atoms with Gasteiger partial charge in [0.1, 0.15) is 6.61 Å². The number of hydrogen-bond donors (Lipinski definition) is 0. The minimum absolute atomic E-state index is 0.109. The first kappa shape index (κ1) is 23.8. The highest BCUT2D eigenvalue weighted by Gasteiger charge is 2.15. The summed E-state index contributed by atoms with van der Waals surface area (Å²) in [5.74, 6) is 2.81. The molecule has 2 aromatic heterocycles. The van der Waals surface area contributed by atoms with Crippen molar-refractivity contribution in [3.8, 4) is 11.5 Å². The molecule has 0 fully saturated rings. The Morgan fingerprint density at radius 2 is 2.06 bits per heavy atom. The Balaban J connectivity index is 1.52. The first-order chi connectivity index (χ1) is 15.6. The van der Waals surface area contributed by atoms with E-state index in [1.165, 1.54) is 0 Å². The number of rotatable bonds is 13. The summed E-state index contributed by atoms with van der Waals surface area (Å²) in [4.78, 5) is 20.1. The lowest BCUT2D eigenvalue weighted by Gasteiger charge is -2.21. The van der Waals surface area contributed by atoms with Gasteiger partial charge in [0.25, 0.3) is 0 Å². The van der Waals surface area contributed by atoms with Crippen LogP contribution in [0.2, 0.25) is 0 Å². The van der Waals surface area contributed by atoms with E-state index >= 15 is 0 Å². The Kier molecular flexibility index (Phi) is 9.10. The van der Waals surface area contributed by atoms with E-state index in [9.17, 15) is 4.79 Å². The topological polar surface area (TPSA) is 77.7 Å². The third kappa shape index (κ3) is 6.82. The monoisotopic (exact) mass is 457 g/mol. The van der Waals surface area contributed by atoms with E-state index in [1.54, 1.807) is 18.4 Å². The summed E-state index contributed by atoms with van der Waals surface area (Å²) in [5, 5.41) is 5.99. The Bertz CT molecular complexity index is 972. The summed E-state index contributed by atoms with van der Waals surface area (Å²) in [5.41, 5.74) is 1.00. The number of hydrogen-bond acceptors (Lipinski definition) is 7. The van der Waals surface area contributed by atoms with Gasteiger partial charge in [0.05, 0.1) is 7.11 Å². The first-order valence-electron chi connectivity index (χ1n) is 11.0. The average molecular weight is 458 g/mol. The van der Waals surface area contributed by atoms with E-state index in [4.69, 9.17) is 14.0 Å². The quantitative estimate of drug-likeness (QED) is 0.358. The Morgan fingerprint density at radius 1 is 1.19 bits per heavy atom. The number of thiophene rings is 1. The molecule has 7 nitrogen and oxygen atoms in total. The van der Waals surface area contributed by atoms with Gasteiger partial charge in [-0.1, -0.05) is 24.2 Å². The number of methoxy groups -OCH3 is 1. The minimum Gasteiger partial charge on any atom is -0.493 e. The molecule has 1 amide bonds. The van der Waals surface area contributed by atoms with Gasteiger partial charge in [-0.15, -0.1) is 11.3 Å². The predicted octanol–water partition coefficient (Wildman–Crippen LogP) is 5.04. The molecule has 1 aromatic carbocycles. The zero-order valence-electron chi connectivity index (χ0n) is 19.0. The van der Waals surface area contributed by atoms with Crippen LogP contribution < -0.4 is 9.47 Å². The van der Waals surface area contributed by atoms with Crippen LogP contribution in [0.15, 0.2) is 40.2 Å². The van der Waals surface area contributed by atoms with Crippen LogP contribution in [-0.4, -0.2) is 34.6 Å². The molecule has 0 aliphatic carbocycles. The van der Waals surface area contributed by atoms with Gasteiger partial charge in [0.15, 0.2) is 17.3 Å². The highest BCUT2D eigenvalue weighted by atomic mass is 32.1. The van der Waals surface area contributed by atoms with Gasteiger partial charge in [-0.3, -0.25) is 4.79 Å². The Morgan fingerprint density at radius 3 is 2.78 bits per heavy atom. The second-order valence-corrected chi connectivity index (χ2v) is 8.50. The van der Waals surface area contributed by atoms with Crippen molar-refractivity contribution in [1.82, 2.24) is 15.0 Å². The van der Waals surface area contributed by atoms with Gasteiger partial charge in [-0.05, 0) is 48.9 Å². The maximum atomic E-state index is 12.7. The molecule has 0 saturated heterocycles. The molecule has 0 bridgehead atoms. The third-order valence-corrected chi connectivity index (χ3v) is 5.90. The van der Waals surface area contributed by atoms with E-state index in [0.717, 1.165) is 29.1 Å². The second kappa shape index (κ2) is 12.2. The molecule has 0 atom stereocenters. The maximum Gasteiger partial charge on any atom is 0.226 e. The largest absolute Gasteiger partial charge is 0.493 e. The molecule has 32 heavy (non-hydrogen) atoms. The molecule has 3 rings (SSSR count). The molecule has 172 valence electrons. The lowest BCUT2D eigenvalue weighted by molar-refractivity contribution is -0.131. The van der Waals surface area contributed by atoms with Crippen molar-refractivity contribution in [3.63, 3.8) is 0 Å². The van der Waals surface area contributed by atoms with Crippen LogP contribution in [0.5, 0.6) is 11.5 Å². The lowest BCUT2D eigenvalue weighted by atomic mass is 10.1. The summed E-state index contributed by atoms with van der Waals surface area (Å²) in [6, 6.07) is 9.87. The number of carbonyl (C=O) groups is 1. The highest BCUT2D eigenvalue weighted by molar-refractivity contribution is 7.09. The van der Waals surface area contributed by atoms with Gasteiger partial charge < -0.3 is 18.9 Å². The van der Waals surface area contributed by atoms with E-state index in [-0.39, 0.29) is 5.91 Å². The van der Waals surface area contributed by atoms with Crippen LogP contribution >= 0.6 is 11.3 Å². The normalized spacial score (nSPS) is 10.8. The van der Waals surface area contributed by atoms with E-state index < -0.39 is 0 Å². The maximum absolute atomic E-state index is 12.7. The van der Waals surface area contributed by atoms with Crippen LogP contribution in [0.3, 0.4) is 0 Å². The number of aromatic nitrogens is 2. The second-order valence-electron chi connectivity index (χ2n) is 7.47. The molecular formula is C24H31N3O4S. The van der Waals surface area contributed by atoms with E-state index in [2.05, 4.69) is 17.1 Å². The van der Waals surface area contributed by atoms with Gasteiger partial charge in [0.2, 0.25) is 11.8 Å². The SMILES string of the molecule is CCCc1noc(CCCC(=O)N(CC)Cc2ccc(OCc3cccs3)c(OC)c2)n1. The zero-order chi connectivity index (χ0) is 22.8. The summed E-state index contributed by atoms with van der Waals surface area (Å²) >= 11 is 1.66. The van der Waals surface area contributed by atoms with Crippen LogP contribution in [0.1, 0.15) is 55.3 Å². The van der Waals surface area contributed by atoms with Gasteiger partial charge in [0, 0.05) is 37.2 Å². The highest BCUT2D eigenvalue weighted by Crippen LogP contribution is 2.30. The zero-order valence-corrected chi connectivity index (χ0v) is 19.8. The number of aryl methyl sites for hydroxylation is 2. The van der Waals surface area contributed by atoms with Crippen LogP contribution in [-0.2, 0) is 30.8 Å². The molecule has 3 aromatic rings. The Hall–Kier alpha value is -2.87.